The first kappa shape index (κ1) is 14.7. The molecule has 0 amide bonds. The van der Waals surface area contributed by atoms with Gasteiger partial charge in [-0.05, 0) is 31.7 Å². The Bertz CT molecular complexity index is 719. The van der Waals surface area contributed by atoms with Crippen molar-refractivity contribution in [2.75, 3.05) is 14.2 Å². The number of ether oxygens (including phenoxy) is 2. The standard InChI is InChI=1S/C19H24N2O2/c1-22-16-10-14-15(11-17(16)23-2)20-19(13-8-9-13)21-18(14)12-6-4-3-5-7-12/h10-13H,3-9H2,1-2H3. The Labute approximate surface area is 137 Å². The number of rotatable bonds is 4. The Morgan fingerprint density at radius 3 is 2.17 bits per heavy atom. The maximum atomic E-state index is 5.50. The van der Waals surface area contributed by atoms with Gasteiger partial charge in [-0.25, -0.2) is 9.97 Å². The summed E-state index contributed by atoms with van der Waals surface area (Å²) in [7, 11) is 3.36. The number of benzene rings is 1. The van der Waals surface area contributed by atoms with Gasteiger partial charge in [0.15, 0.2) is 11.5 Å². The summed E-state index contributed by atoms with van der Waals surface area (Å²) in [5, 5.41) is 1.14. The minimum Gasteiger partial charge on any atom is -0.493 e. The summed E-state index contributed by atoms with van der Waals surface area (Å²) >= 11 is 0. The average molecular weight is 312 g/mol. The zero-order valence-electron chi connectivity index (χ0n) is 14.0. The normalized spacial score (nSPS) is 19.0. The van der Waals surface area contributed by atoms with Crippen LogP contribution in [0.25, 0.3) is 10.9 Å². The Hall–Kier alpha value is -1.84. The molecule has 122 valence electrons. The van der Waals surface area contributed by atoms with Gasteiger partial charge < -0.3 is 9.47 Å². The Balaban J connectivity index is 1.89. The third-order valence-corrected chi connectivity index (χ3v) is 5.18. The molecule has 2 saturated carbocycles. The van der Waals surface area contributed by atoms with Crippen molar-refractivity contribution in [2.45, 2.75) is 56.8 Å². The third-order valence-electron chi connectivity index (χ3n) is 5.18. The molecule has 2 aromatic rings. The van der Waals surface area contributed by atoms with Gasteiger partial charge in [-0.3, -0.25) is 0 Å². The van der Waals surface area contributed by atoms with Crippen molar-refractivity contribution < 1.29 is 9.47 Å². The van der Waals surface area contributed by atoms with Crippen LogP contribution in [0.15, 0.2) is 12.1 Å². The molecule has 1 aromatic heterocycles. The van der Waals surface area contributed by atoms with Crippen molar-refractivity contribution in [1.29, 1.82) is 0 Å². The minimum absolute atomic E-state index is 0.560. The summed E-state index contributed by atoms with van der Waals surface area (Å²) in [5.74, 6) is 3.67. The van der Waals surface area contributed by atoms with E-state index >= 15 is 0 Å². The summed E-state index contributed by atoms with van der Waals surface area (Å²) in [6, 6.07) is 4.07. The van der Waals surface area contributed by atoms with E-state index in [-0.39, 0.29) is 0 Å². The molecule has 1 heterocycles. The molecule has 0 radical (unpaired) electrons. The molecule has 4 rings (SSSR count). The van der Waals surface area contributed by atoms with Crippen LogP contribution in [-0.4, -0.2) is 24.2 Å². The van der Waals surface area contributed by atoms with E-state index in [9.17, 15) is 0 Å². The molecule has 4 nitrogen and oxygen atoms in total. The van der Waals surface area contributed by atoms with Crippen LogP contribution in [0.5, 0.6) is 11.5 Å². The lowest BCUT2D eigenvalue weighted by Crippen LogP contribution is -2.10. The zero-order chi connectivity index (χ0) is 15.8. The van der Waals surface area contributed by atoms with E-state index in [0.29, 0.717) is 11.8 Å². The fourth-order valence-corrected chi connectivity index (χ4v) is 3.71. The van der Waals surface area contributed by atoms with Crippen LogP contribution in [0.1, 0.15) is 68.3 Å². The van der Waals surface area contributed by atoms with Gasteiger partial charge in [-0.1, -0.05) is 19.3 Å². The quantitative estimate of drug-likeness (QED) is 0.829. The Morgan fingerprint density at radius 1 is 0.826 bits per heavy atom. The van der Waals surface area contributed by atoms with Crippen LogP contribution < -0.4 is 9.47 Å². The molecular formula is C19H24N2O2. The predicted molar refractivity (Wildman–Crippen MR) is 90.4 cm³/mol. The largest absolute Gasteiger partial charge is 0.493 e. The van der Waals surface area contributed by atoms with Gasteiger partial charge >= 0.3 is 0 Å². The number of hydrogen-bond acceptors (Lipinski definition) is 4. The Morgan fingerprint density at radius 2 is 1.52 bits per heavy atom. The maximum absolute atomic E-state index is 5.50. The molecule has 1 aromatic carbocycles. The zero-order valence-corrected chi connectivity index (χ0v) is 14.0. The van der Waals surface area contributed by atoms with Gasteiger partial charge in [0.05, 0.1) is 25.4 Å². The molecule has 4 heteroatoms. The van der Waals surface area contributed by atoms with Crippen molar-refractivity contribution >= 4 is 10.9 Å². The number of methoxy groups -OCH3 is 2. The van der Waals surface area contributed by atoms with Crippen molar-refractivity contribution in [1.82, 2.24) is 9.97 Å². The number of hydrogen-bond donors (Lipinski definition) is 0. The fraction of sp³-hybridized carbons (Fsp3) is 0.579. The second-order valence-electron chi connectivity index (χ2n) is 6.80. The summed E-state index contributed by atoms with van der Waals surface area (Å²) in [6.07, 6.45) is 8.90. The van der Waals surface area contributed by atoms with Crippen molar-refractivity contribution in [3.8, 4) is 11.5 Å². The number of nitrogens with zero attached hydrogens (tertiary/aromatic N) is 2. The molecule has 23 heavy (non-hydrogen) atoms. The fourth-order valence-electron chi connectivity index (χ4n) is 3.71. The SMILES string of the molecule is COc1cc2nc(C3CC3)nc(C3CCCCC3)c2cc1OC. The van der Waals surface area contributed by atoms with Crippen molar-refractivity contribution in [2.24, 2.45) is 0 Å². The molecule has 2 fully saturated rings. The van der Waals surface area contributed by atoms with Crippen LogP contribution in [0.3, 0.4) is 0 Å². The topological polar surface area (TPSA) is 44.2 Å². The van der Waals surface area contributed by atoms with E-state index in [4.69, 9.17) is 19.4 Å². The van der Waals surface area contributed by atoms with Gasteiger partial charge in [0.1, 0.15) is 5.82 Å². The highest BCUT2D eigenvalue weighted by atomic mass is 16.5. The third kappa shape index (κ3) is 2.75. The van der Waals surface area contributed by atoms with Gasteiger partial charge in [0, 0.05) is 23.3 Å². The van der Waals surface area contributed by atoms with E-state index in [0.717, 1.165) is 28.2 Å². The van der Waals surface area contributed by atoms with E-state index in [1.165, 1.54) is 50.6 Å². The van der Waals surface area contributed by atoms with Crippen LogP contribution in [0, 0.1) is 0 Å². The van der Waals surface area contributed by atoms with Crippen molar-refractivity contribution in [3.63, 3.8) is 0 Å². The maximum Gasteiger partial charge on any atom is 0.162 e. The molecule has 0 aliphatic heterocycles. The highest BCUT2D eigenvalue weighted by Gasteiger charge is 2.29. The predicted octanol–water partition coefficient (Wildman–Crippen LogP) is 4.57. The smallest absolute Gasteiger partial charge is 0.162 e. The van der Waals surface area contributed by atoms with Gasteiger partial charge in [-0.15, -0.1) is 0 Å². The van der Waals surface area contributed by atoms with E-state index in [2.05, 4.69) is 6.07 Å². The Kier molecular flexibility index (Phi) is 3.83. The first-order valence-corrected chi connectivity index (χ1v) is 8.73. The molecule has 0 spiro atoms. The number of aromatic nitrogens is 2. The highest BCUT2D eigenvalue weighted by molar-refractivity contribution is 5.85. The average Bonchev–Trinajstić information content (AvgIpc) is 3.45. The second kappa shape index (κ2) is 5.99. The second-order valence-corrected chi connectivity index (χ2v) is 6.80. The van der Waals surface area contributed by atoms with Crippen LogP contribution in [-0.2, 0) is 0 Å². The molecule has 0 unspecified atom stereocenters. The molecule has 2 aliphatic rings. The van der Waals surface area contributed by atoms with Crippen molar-refractivity contribution in [3.05, 3.63) is 23.7 Å². The highest BCUT2D eigenvalue weighted by Crippen LogP contribution is 2.43. The summed E-state index contributed by atoms with van der Waals surface area (Å²) in [4.78, 5) is 9.84. The van der Waals surface area contributed by atoms with E-state index in [1.807, 2.05) is 6.07 Å². The number of fused-ring (bicyclic) bond motifs is 1. The van der Waals surface area contributed by atoms with E-state index < -0.39 is 0 Å². The molecular weight excluding hydrogens is 288 g/mol. The van der Waals surface area contributed by atoms with Gasteiger partial charge in [0.2, 0.25) is 0 Å². The van der Waals surface area contributed by atoms with E-state index in [1.54, 1.807) is 14.2 Å². The first-order valence-electron chi connectivity index (χ1n) is 8.73. The van der Waals surface area contributed by atoms with Gasteiger partial charge in [0.25, 0.3) is 0 Å². The summed E-state index contributed by atoms with van der Waals surface area (Å²) < 4.78 is 11.0. The van der Waals surface area contributed by atoms with Crippen LogP contribution in [0.2, 0.25) is 0 Å². The molecule has 0 atom stereocenters. The monoisotopic (exact) mass is 312 g/mol. The lowest BCUT2D eigenvalue weighted by atomic mass is 9.85. The minimum atomic E-state index is 0.560. The lowest BCUT2D eigenvalue weighted by Gasteiger charge is -2.23. The molecule has 0 saturated heterocycles. The first-order chi connectivity index (χ1) is 11.3. The summed E-state index contributed by atoms with van der Waals surface area (Å²) in [6.45, 7) is 0. The lowest BCUT2D eigenvalue weighted by molar-refractivity contribution is 0.355. The molecule has 2 aliphatic carbocycles. The van der Waals surface area contributed by atoms with Gasteiger partial charge in [-0.2, -0.15) is 0 Å². The van der Waals surface area contributed by atoms with Crippen LogP contribution >= 0.6 is 0 Å². The van der Waals surface area contributed by atoms with Crippen LogP contribution in [0.4, 0.5) is 0 Å². The molecule has 0 N–H and O–H groups in total. The summed E-state index contributed by atoms with van der Waals surface area (Å²) in [5.41, 5.74) is 2.23. The molecule has 0 bridgehead atoms.